The Morgan fingerprint density at radius 2 is 1.90 bits per heavy atom. The molecule has 0 aliphatic carbocycles. The Balaban J connectivity index is 2.11. The van der Waals surface area contributed by atoms with Gasteiger partial charge < -0.3 is 5.32 Å². The van der Waals surface area contributed by atoms with Gasteiger partial charge in [-0.15, -0.1) is 11.8 Å². The Kier molecular flexibility index (Phi) is 5.79. The summed E-state index contributed by atoms with van der Waals surface area (Å²) in [7, 11) is 1.94. The van der Waals surface area contributed by atoms with Crippen LogP contribution in [-0.4, -0.2) is 12.8 Å². The first-order chi connectivity index (χ1) is 9.61. The third-order valence-corrected chi connectivity index (χ3v) is 5.03. The molecule has 0 bridgehead atoms. The van der Waals surface area contributed by atoms with Crippen molar-refractivity contribution >= 4 is 35.0 Å². The fourth-order valence-electron chi connectivity index (χ4n) is 2.00. The van der Waals surface area contributed by atoms with E-state index >= 15 is 0 Å². The van der Waals surface area contributed by atoms with Crippen LogP contribution in [0.15, 0.2) is 47.4 Å². The lowest BCUT2D eigenvalue weighted by Crippen LogP contribution is -2.19. The molecule has 1 nitrogen and oxygen atoms in total. The third kappa shape index (κ3) is 3.92. The van der Waals surface area contributed by atoms with Gasteiger partial charge in [0.2, 0.25) is 0 Å². The molecule has 0 fully saturated rings. The summed E-state index contributed by atoms with van der Waals surface area (Å²) in [6.07, 6.45) is 0. The van der Waals surface area contributed by atoms with Gasteiger partial charge in [0.25, 0.3) is 0 Å². The van der Waals surface area contributed by atoms with Crippen LogP contribution in [0.3, 0.4) is 0 Å². The number of hydrogen-bond acceptors (Lipinski definition) is 2. The summed E-state index contributed by atoms with van der Waals surface area (Å²) in [4.78, 5) is 1.27. The summed E-state index contributed by atoms with van der Waals surface area (Å²) in [6, 6.07) is 14.4. The van der Waals surface area contributed by atoms with E-state index in [-0.39, 0.29) is 6.04 Å². The molecule has 0 amide bonds. The van der Waals surface area contributed by atoms with Gasteiger partial charge in [-0.3, -0.25) is 0 Å². The summed E-state index contributed by atoms with van der Waals surface area (Å²) in [5.41, 5.74) is 2.32. The molecule has 0 aromatic heterocycles. The largest absolute Gasteiger partial charge is 0.312 e. The number of nitrogens with one attached hydrogen (secondary N) is 1. The second-order valence-electron chi connectivity index (χ2n) is 4.61. The van der Waals surface area contributed by atoms with Gasteiger partial charge in [0.1, 0.15) is 0 Å². The summed E-state index contributed by atoms with van der Waals surface area (Å²) in [5.74, 6) is 0.903. The van der Waals surface area contributed by atoms with E-state index in [0.29, 0.717) is 10.0 Å². The predicted molar refractivity (Wildman–Crippen MR) is 90.2 cm³/mol. The molecule has 0 heterocycles. The molecule has 0 saturated heterocycles. The molecule has 1 atom stereocenters. The van der Waals surface area contributed by atoms with Gasteiger partial charge in [0.05, 0.1) is 10.0 Å². The molecule has 0 aliphatic heterocycles. The highest BCUT2D eigenvalue weighted by Crippen LogP contribution is 2.32. The average Bonchev–Trinajstić information content (AvgIpc) is 2.44. The maximum absolute atomic E-state index is 6.29. The van der Waals surface area contributed by atoms with Crippen LogP contribution in [0.1, 0.15) is 17.2 Å². The Morgan fingerprint density at radius 1 is 1.15 bits per heavy atom. The second-order valence-corrected chi connectivity index (χ2v) is 6.49. The summed E-state index contributed by atoms with van der Waals surface area (Å²) in [5, 5.41) is 4.55. The number of rotatable bonds is 5. The summed E-state index contributed by atoms with van der Waals surface area (Å²) < 4.78 is 0. The summed E-state index contributed by atoms with van der Waals surface area (Å²) >= 11 is 14.2. The van der Waals surface area contributed by atoms with Gasteiger partial charge in [-0.25, -0.2) is 0 Å². The van der Waals surface area contributed by atoms with E-state index in [9.17, 15) is 0 Å². The molecule has 2 aromatic carbocycles. The zero-order chi connectivity index (χ0) is 14.5. The lowest BCUT2D eigenvalue weighted by molar-refractivity contribution is 0.662. The molecule has 106 valence electrons. The quantitative estimate of drug-likeness (QED) is 0.743. The molecule has 1 unspecified atom stereocenters. The lowest BCUT2D eigenvalue weighted by Gasteiger charge is -2.18. The van der Waals surface area contributed by atoms with E-state index in [2.05, 4.69) is 36.5 Å². The fraction of sp³-hybridized carbons (Fsp3) is 0.250. The monoisotopic (exact) mass is 325 g/mol. The zero-order valence-electron chi connectivity index (χ0n) is 11.5. The minimum atomic E-state index is 0.173. The van der Waals surface area contributed by atoms with Crippen molar-refractivity contribution in [2.24, 2.45) is 0 Å². The van der Waals surface area contributed by atoms with Gasteiger partial charge in [-0.1, -0.05) is 53.0 Å². The number of aryl methyl sites for hydroxylation is 1. The molecule has 0 spiro atoms. The van der Waals surface area contributed by atoms with Crippen molar-refractivity contribution in [2.45, 2.75) is 17.9 Å². The Hall–Kier alpha value is -0.670. The van der Waals surface area contributed by atoms with Crippen molar-refractivity contribution < 1.29 is 0 Å². The lowest BCUT2D eigenvalue weighted by atomic mass is 10.1. The van der Waals surface area contributed by atoms with Crippen LogP contribution >= 0.6 is 35.0 Å². The second kappa shape index (κ2) is 7.37. The van der Waals surface area contributed by atoms with E-state index < -0.39 is 0 Å². The molecule has 0 saturated carbocycles. The van der Waals surface area contributed by atoms with Crippen LogP contribution in [0, 0.1) is 6.92 Å². The minimum absolute atomic E-state index is 0.173. The Labute approximate surface area is 134 Å². The SMILES string of the molecule is CNC(CSc1cccc(C)c1)c1cccc(Cl)c1Cl. The first kappa shape index (κ1) is 15.7. The van der Waals surface area contributed by atoms with Crippen LogP contribution in [-0.2, 0) is 0 Å². The molecular formula is C16H17Cl2NS. The zero-order valence-corrected chi connectivity index (χ0v) is 13.8. The molecule has 20 heavy (non-hydrogen) atoms. The first-order valence-corrected chi connectivity index (χ1v) is 8.16. The number of thioether (sulfide) groups is 1. The van der Waals surface area contributed by atoms with Gasteiger partial charge in [-0.05, 0) is 37.7 Å². The van der Waals surface area contributed by atoms with Crippen molar-refractivity contribution in [1.29, 1.82) is 0 Å². The maximum atomic E-state index is 6.29. The van der Waals surface area contributed by atoms with Gasteiger partial charge in [-0.2, -0.15) is 0 Å². The van der Waals surface area contributed by atoms with Gasteiger partial charge >= 0.3 is 0 Å². The van der Waals surface area contributed by atoms with Gasteiger partial charge in [0, 0.05) is 16.7 Å². The van der Waals surface area contributed by atoms with E-state index in [1.807, 2.05) is 37.0 Å². The average molecular weight is 326 g/mol. The molecule has 2 rings (SSSR count). The molecule has 0 aliphatic rings. The highest BCUT2D eigenvalue weighted by Gasteiger charge is 2.15. The highest BCUT2D eigenvalue weighted by atomic mass is 35.5. The maximum Gasteiger partial charge on any atom is 0.0640 e. The predicted octanol–water partition coefficient (Wildman–Crippen LogP) is 5.35. The Bertz CT molecular complexity index is 586. The standard InChI is InChI=1S/C16H17Cl2NS/c1-11-5-3-6-12(9-11)20-10-15(19-2)13-7-4-8-14(17)16(13)18/h3-9,15,19H,10H2,1-2H3. The van der Waals surface area contributed by atoms with Crippen molar-refractivity contribution in [3.63, 3.8) is 0 Å². The van der Waals surface area contributed by atoms with Crippen LogP contribution in [0.5, 0.6) is 0 Å². The molecule has 0 radical (unpaired) electrons. The Morgan fingerprint density at radius 3 is 2.60 bits per heavy atom. The highest BCUT2D eigenvalue weighted by molar-refractivity contribution is 7.99. The van der Waals surface area contributed by atoms with E-state index in [0.717, 1.165) is 11.3 Å². The van der Waals surface area contributed by atoms with E-state index in [1.54, 1.807) is 0 Å². The van der Waals surface area contributed by atoms with Crippen molar-refractivity contribution in [1.82, 2.24) is 5.32 Å². The van der Waals surface area contributed by atoms with Crippen molar-refractivity contribution in [2.75, 3.05) is 12.8 Å². The van der Waals surface area contributed by atoms with Crippen LogP contribution in [0.25, 0.3) is 0 Å². The summed E-state index contributed by atoms with van der Waals surface area (Å²) in [6.45, 7) is 2.10. The molecule has 4 heteroatoms. The molecule has 1 N–H and O–H groups in total. The smallest absolute Gasteiger partial charge is 0.0640 e. The molecule has 2 aromatic rings. The third-order valence-electron chi connectivity index (χ3n) is 3.11. The number of halogens is 2. The number of hydrogen-bond donors (Lipinski definition) is 1. The topological polar surface area (TPSA) is 12.0 Å². The van der Waals surface area contributed by atoms with Crippen LogP contribution in [0.2, 0.25) is 10.0 Å². The van der Waals surface area contributed by atoms with E-state index in [4.69, 9.17) is 23.2 Å². The normalized spacial score (nSPS) is 12.4. The van der Waals surface area contributed by atoms with Crippen molar-refractivity contribution in [3.8, 4) is 0 Å². The van der Waals surface area contributed by atoms with Crippen LogP contribution in [0.4, 0.5) is 0 Å². The fourth-order valence-corrected chi connectivity index (χ4v) is 3.59. The first-order valence-electron chi connectivity index (χ1n) is 6.42. The van der Waals surface area contributed by atoms with Crippen LogP contribution < -0.4 is 5.32 Å². The minimum Gasteiger partial charge on any atom is -0.312 e. The van der Waals surface area contributed by atoms with E-state index in [1.165, 1.54) is 10.5 Å². The van der Waals surface area contributed by atoms with Gasteiger partial charge in [0.15, 0.2) is 0 Å². The number of benzene rings is 2. The van der Waals surface area contributed by atoms with Crippen molar-refractivity contribution in [3.05, 3.63) is 63.6 Å². The molecular weight excluding hydrogens is 309 g/mol.